The Labute approximate surface area is 113 Å². The van der Waals surface area contributed by atoms with Gasteiger partial charge in [0.05, 0.1) is 28.0 Å². The maximum Gasteiger partial charge on any atom is 0.274 e. The zero-order chi connectivity index (χ0) is 14.0. The van der Waals surface area contributed by atoms with E-state index >= 15 is 0 Å². The number of halogens is 1. The molecule has 2 aromatic rings. The van der Waals surface area contributed by atoms with Crippen LogP contribution in [-0.4, -0.2) is 10.8 Å². The van der Waals surface area contributed by atoms with Crippen LogP contribution < -0.4 is 5.32 Å². The zero-order valence-electron chi connectivity index (χ0n) is 9.84. The van der Waals surface area contributed by atoms with Crippen molar-refractivity contribution in [3.8, 4) is 0 Å². The fourth-order valence-corrected chi connectivity index (χ4v) is 1.80. The Morgan fingerprint density at radius 2 is 2.16 bits per heavy atom. The molecule has 0 aliphatic carbocycles. The molecular formula is C12H9ClN2O4. The van der Waals surface area contributed by atoms with Gasteiger partial charge < -0.3 is 9.73 Å². The van der Waals surface area contributed by atoms with Gasteiger partial charge in [-0.3, -0.25) is 14.9 Å². The second kappa shape index (κ2) is 5.11. The van der Waals surface area contributed by atoms with E-state index in [4.69, 9.17) is 16.0 Å². The van der Waals surface area contributed by atoms with Crippen molar-refractivity contribution in [2.75, 3.05) is 5.32 Å². The van der Waals surface area contributed by atoms with Gasteiger partial charge in [-0.15, -0.1) is 0 Å². The number of furan rings is 1. The van der Waals surface area contributed by atoms with Gasteiger partial charge >= 0.3 is 0 Å². The summed E-state index contributed by atoms with van der Waals surface area (Å²) in [6, 6.07) is 5.87. The SMILES string of the molecule is Cc1c(NC(=O)c2ccoc2Cl)cccc1[N+](=O)[O-]. The Bertz CT molecular complexity index is 651. The molecule has 7 heteroatoms. The van der Waals surface area contributed by atoms with Gasteiger partial charge in [0, 0.05) is 6.07 Å². The Hall–Kier alpha value is -2.34. The van der Waals surface area contributed by atoms with Crippen molar-refractivity contribution in [1.29, 1.82) is 0 Å². The summed E-state index contributed by atoms with van der Waals surface area (Å²) in [7, 11) is 0. The van der Waals surface area contributed by atoms with Gasteiger partial charge in [-0.1, -0.05) is 6.07 Å². The topological polar surface area (TPSA) is 85.4 Å². The van der Waals surface area contributed by atoms with Crippen LogP contribution in [0.2, 0.25) is 5.22 Å². The summed E-state index contributed by atoms with van der Waals surface area (Å²) in [4.78, 5) is 22.2. The molecule has 6 nitrogen and oxygen atoms in total. The van der Waals surface area contributed by atoms with Crippen molar-refractivity contribution in [1.82, 2.24) is 0 Å². The number of nitrogens with zero attached hydrogens (tertiary/aromatic N) is 1. The minimum Gasteiger partial charge on any atom is -0.452 e. The van der Waals surface area contributed by atoms with Gasteiger partial charge in [-0.25, -0.2) is 0 Å². The van der Waals surface area contributed by atoms with E-state index in [0.29, 0.717) is 11.3 Å². The standard InChI is InChI=1S/C12H9ClN2O4/c1-7-9(3-2-4-10(7)15(17)18)14-12(16)8-5-6-19-11(8)13/h2-6H,1H3,(H,14,16). The second-order valence-corrected chi connectivity index (χ2v) is 4.11. The molecule has 0 radical (unpaired) electrons. The third-order valence-electron chi connectivity index (χ3n) is 2.61. The largest absolute Gasteiger partial charge is 0.452 e. The van der Waals surface area contributed by atoms with Crippen LogP contribution in [0.15, 0.2) is 34.9 Å². The molecule has 1 aromatic heterocycles. The minimum absolute atomic E-state index is 0.0272. The predicted octanol–water partition coefficient (Wildman–Crippen LogP) is 3.40. The molecule has 0 spiro atoms. The molecule has 0 fully saturated rings. The fraction of sp³-hybridized carbons (Fsp3) is 0.0833. The molecule has 2 rings (SSSR count). The van der Waals surface area contributed by atoms with E-state index in [2.05, 4.69) is 5.32 Å². The molecule has 0 bridgehead atoms. The van der Waals surface area contributed by atoms with E-state index in [1.54, 1.807) is 13.0 Å². The molecule has 0 aliphatic heterocycles. The number of carbonyl (C=O) groups excluding carboxylic acids is 1. The normalized spacial score (nSPS) is 10.2. The lowest BCUT2D eigenvalue weighted by Gasteiger charge is -2.07. The molecule has 19 heavy (non-hydrogen) atoms. The summed E-state index contributed by atoms with van der Waals surface area (Å²) in [5.74, 6) is -0.484. The highest BCUT2D eigenvalue weighted by Crippen LogP contribution is 2.26. The summed E-state index contributed by atoms with van der Waals surface area (Å²) < 4.78 is 4.81. The van der Waals surface area contributed by atoms with Crippen LogP contribution in [0, 0.1) is 17.0 Å². The third kappa shape index (κ3) is 2.58. The molecule has 98 valence electrons. The first-order valence-electron chi connectivity index (χ1n) is 5.29. The quantitative estimate of drug-likeness (QED) is 0.689. The average Bonchev–Trinajstić information content (AvgIpc) is 2.77. The lowest BCUT2D eigenvalue weighted by molar-refractivity contribution is -0.385. The summed E-state index contributed by atoms with van der Waals surface area (Å²) >= 11 is 5.69. The van der Waals surface area contributed by atoms with Gasteiger partial charge in [0.2, 0.25) is 5.22 Å². The van der Waals surface area contributed by atoms with E-state index in [9.17, 15) is 14.9 Å². The van der Waals surface area contributed by atoms with E-state index in [0.717, 1.165) is 0 Å². The number of amides is 1. The zero-order valence-corrected chi connectivity index (χ0v) is 10.6. The number of nitro groups is 1. The van der Waals surface area contributed by atoms with Crippen LogP contribution in [0.1, 0.15) is 15.9 Å². The first-order valence-corrected chi connectivity index (χ1v) is 5.67. The van der Waals surface area contributed by atoms with Crippen LogP contribution in [0.5, 0.6) is 0 Å². The van der Waals surface area contributed by atoms with Gasteiger partial charge in [0.25, 0.3) is 11.6 Å². The Balaban J connectivity index is 2.30. The minimum atomic E-state index is -0.504. The van der Waals surface area contributed by atoms with E-state index in [1.807, 2.05) is 0 Å². The maximum absolute atomic E-state index is 11.9. The molecule has 1 aromatic carbocycles. The van der Waals surface area contributed by atoms with Crippen molar-refractivity contribution in [3.05, 3.63) is 57.0 Å². The number of benzene rings is 1. The third-order valence-corrected chi connectivity index (χ3v) is 2.91. The van der Waals surface area contributed by atoms with Gasteiger partial charge in [0.15, 0.2) is 0 Å². The average molecular weight is 281 g/mol. The highest BCUT2D eigenvalue weighted by molar-refractivity contribution is 6.32. The molecule has 1 N–H and O–H groups in total. The predicted molar refractivity (Wildman–Crippen MR) is 69.5 cm³/mol. The van der Waals surface area contributed by atoms with Crippen LogP contribution >= 0.6 is 11.6 Å². The maximum atomic E-state index is 11.9. The van der Waals surface area contributed by atoms with Crippen molar-refractivity contribution in [3.63, 3.8) is 0 Å². The highest BCUT2D eigenvalue weighted by Gasteiger charge is 2.17. The number of carbonyl (C=O) groups is 1. The molecular weight excluding hydrogens is 272 g/mol. The first kappa shape index (κ1) is 13.1. The molecule has 0 atom stereocenters. The number of hydrogen-bond donors (Lipinski definition) is 1. The van der Waals surface area contributed by atoms with E-state index < -0.39 is 10.8 Å². The van der Waals surface area contributed by atoms with Crippen LogP contribution in [0.25, 0.3) is 0 Å². The highest BCUT2D eigenvalue weighted by atomic mass is 35.5. The fourth-order valence-electron chi connectivity index (χ4n) is 1.60. The smallest absolute Gasteiger partial charge is 0.274 e. The Morgan fingerprint density at radius 1 is 1.42 bits per heavy atom. The van der Waals surface area contributed by atoms with Gasteiger partial charge in [0.1, 0.15) is 0 Å². The number of nitro benzene ring substituents is 1. The van der Waals surface area contributed by atoms with E-state index in [-0.39, 0.29) is 16.5 Å². The number of rotatable bonds is 3. The van der Waals surface area contributed by atoms with Crippen LogP contribution in [0.4, 0.5) is 11.4 Å². The number of anilines is 1. The van der Waals surface area contributed by atoms with Gasteiger partial charge in [-0.05, 0) is 30.7 Å². The van der Waals surface area contributed by atoms with Crippen LogP contribution in [-0.2, 0) is 0 Å². The van der Waals surface area contributed by atoms with Gasteiger partial charge in [-0.2, -0.15) is 0 Å². The molecule has 0 saturated heterocycles. The monoisotopic (exact) mass is 280 g/mol. The lowest BCUT2D eigenvalue weighted by atomic mass is 10.1. The Morgan fingerprint density at radius 3 is 2.74 bits per heavy atom. The molecule has 0 aliphatic rings. The second-order valence-electron chi connectivity index (χ2n) is 3.77. The first-order chi connectivity index (χ1) is 9.00. The van der Waals surface area contributed by atoms with Crippen LogP contribution in [0.3, 0.4) is 0 Å². The summed E-state index contributed by atoms with van der Waals surface area (Å²) in [6.45, 7) is 1.56. The number of nitrogens with one attached hydrogen (secondary N) is 1. The molecule has 1 amide bonds. The molecule has 1 heterocycles. The summed E-state index contributed by atoms with van der Waals surface area (Å²) in [5.41, 5.74) is 0.848. The van der Waals surface area contributed by atoms with Crippen molar-refractivity contribution in [2.45, 2.75) is 6.92 Å². The van der Waals surface area contributed by atoms with Crippen molar-refractivity contribution >= 4 is 28.9 Å². The Kier molecular flexibility index (Phi) is 3.52. The lowest BCUT2D eigenvalue weighted by Crippen LogP contribution is -2.12. The number of hydrogen-bond acceptors (Lipinski definition) is 4. The molecule has 0 saturated carbocycles. The van der Waals surface area contributed by atoms with Crippen molar-refractivity contribution in [2.24, 2.45) is 0 Å². The summed E-state index contributed by atoms with van der Waals surface area (Å²) in [6.07, 6.45) is 1.29. The summed E-state index contributed by atoms with van der Waals surface area (Å²) in [5, 5.41) is 13.3. The van der Waals surface area contributed by atoms with Crippen molar-refractivity contribution < 1.29 is 14.1 Å². The molecule has 0 unspecified atom stereocenters. The van der Waals surface area contributed by atoms with E-state index in [1.165, 1.54) is 24.5 Å².